The first-order valence-electron chi connectivity index (χ1n) is 12.2. The third-order valence-electron chi connectivity index (χ3n) is 7.01. The van der Waals surface area contributed by atoms with Gasteiger partial charge in [0.05, 0.1) is 0 Å². The number of aryl methyl sites for hydroxylation is 1. The summed E-state index contributed by atoms with van der Waals surface area (Å²) in [5.41, 5.74) is 5.23. The lowest BCUT2D eigenvalue weighted by atomic mass is 9.84. The zero-order valence-corrected chi connectivity index (χ0v) is 21.0. The average molecular weight is 470 g/mol. The first-order chi connectivity index (χ1) is 15.5. The lowest BCUT2D eigenvalue weighted by Crippen LogP contribution is -2.46. The molecule has 1 aliphatic carbocycles. The molecule has 0 radical (unpaired) electrons. The summed E-state index contributed by atoms with van der Waals surface area (Å²) in [6, 6.07) is 15.4. The van der Waals surface area contributed by atoms with Gasteiger partial charge in [-0.05, 0) is 85.6 Å². The number of benzene rings is 2. The Morgan fingerprint density at radius 2 is 2.00 bits per heavy atom. The van der Waals surface area contributed by atoms with Crippen molar-refractivity contribution in [3.8, 4) is 0 Å². The molecule has 4 rings (SSSR count). The summed E-state index contributed by atoms with van der Waals surface area (Å²) in [5.74, 6) is 0.639. The van der Waals surface area contributed by atoms with Crippen molar-refractivity contribution in [1.29, 1.82) is 0 Å². The zero-order chi connectivity index (χ0) is 22.5. The molecule has 172 valence electrons. The molecule has 1 heterocycles. The van der Waals surface area contributed by atoms with Gasteiger partial charge in [-0.25, -0.2) is 0 Å². The van der Waals surface area contributed by atoms with Gasteiger partial charge in [-0.2, -0.15) is 0 Å². The van der Waals surface area contributed by atoms with Crippen molar-refractivity contribution in [2.45, 2.75) is 71.4 Å². The molecule has 0 aromatic heterocycles. The fraction of sp³-hybridized carbons (Fsp3) is 0.519. The molecule has 0 saturated heterocycles. The van der Waals surface area contributed by atoms with Crippen LogP contribution in [-0.2, 0) is 13.0 Å². The second kappa shape index (κ2) is 10.9. The number of hydrogen-bond acceptors (Lipinski definition) is 2. The molecular formula is C27H36ClN3S. The summed E-state index contributed by atoms with van der Waals surface area (Å²) < 4.78 is 0. The molecule has 2 aromatic rings. The Balaban J connectivity index is 1.57. The van der Waals surface area contributed by atoms with Crippen LogP contribution in [-0.4, -0.2) is 29.1 Å². The third-order valence-corrected chi connectivity index (χ3v) is 7.58. The minimum atomic E-state index is 0.468. The Bertz CT molecular complexity index is 931. The van der Waals surface area contributed by atoms with Crippen LogP contribution in [0.25, 0.3) is 0 Å². The van der Waals surface area contributed by atoms with E-state index in [0.717, 1.165) is 28.9 Å². The maximum absolute atomic E-state index is 6.21. The molecule has 2 unspecified atom stereocenters. The average Bonchev–Trinajstić information content (AvgIpc) is 2.78. The molecule has 0 bridgehead atoms. The fourth-order valence-corrected chi connectivity index (χ4v) is 5.89. The van der Waals surface area contributed by atoms with E-state index in [0.29, 0.717) is 12.0 Å². The van der Waals surface area contributed by atoms with E-state index in [-0.39, 0.29) is 0 Å². The van der Waals surface area contributed by atoms with Crippen LogP contribution in [0.1, 0.15) is 63.5 Å². The van der Waals surface area contributed by atoms with Gasteiger partial charge in [-0.1, -0.05) is 56.5 Å². The number of fused-ring (bicyclic) bond motifs is 1. The van der Waals surface area contributed by atoms with Crippen LogP contribution in [0.15, 0.2) is 42.5 Å². The number of nitrogens with one attached hydrogen (secondary N) is 1. The van der Waals surface area contributed by atoms with Crippen molar-refractivity contribution in [3.63, 3.8) is 0 Å². The molecule has 1 N–H and O–H groups in total. The van der Waals surface area contributed by atoms with Gasteiger partial charge in [0.1, 0.15) is 0 Å². The van der Waals surface area contributed by atoms with E-state index in [1.165, 1.54) is 68.3 Å². The van der Waals surface area contributed by atoms with Crippen molar-refractivity contribution in [2.24, 2.45) is 5.92 Å². The Morgan fingerprint density at radius 1 is 1.16 bits per heavy atom. The minimum absolute atomic E-state index is 0.468. The Morgan fingerprint density at radius 3 is 2.78 bits per heavy atom. The van der Waals surface area contributed by atoms with Gasteiger partial charge in [0.15, 0.2) is 5.11 Å². The molecule has 3 nitrogen and oxygen atoms in total. The van der Waals surface area contributed by atoms with Gasteiger partial charge >= 0.3 is 0 Å². The van der Waals surface area contributed by atoms with Crippen LogP contribution in [0.4, 0.5) is 11.4 Å². The third kappa shape index (κ3) is 5.58. The Hall–Kier alpha value is -1.78. The van der Waals surface area contributed by atoms with Gasteiger partial charge < -0.3 is 15.1 Å². The number of rotatable bonds is 6. The van der Waals surface area contributed by atoms with Crippen molar-refractivity contribution in [2.75, 3.05) is 23.3 Å². The van der Waals surface area contributed by atoms with Crippen molar-refractivity contribution >= 4 is 40.3 Å². The van der Waals surface area contributed by atoms with Crippen LogP contribution in [0, 0.1) is 5.92 Å². The summed E-state index contributed by atoms with van der Waals surface area (Å²) in [5, 5.41) is 5.00. The standard InChI is InChI=1S/C27H36ClN3S/c1-3-15-30-16-7-9-22-17-21(13-14-26(22)30)19-31(25-12-5-4-8-20(25)2)27(32)29-24-11-6-10-23(28)18-24/h6,10-11,13-14,17-18,20,25H,3-5,7-9,12,15-16,19H2,1-2H3,(H,29,32). The largest absolute Gasteiger partial charge is 0.371 e. The number of hydrogen-bond donors (Lipinski definition) is 1. The van der Waals surface area contributed by atoms with Gasteiger partial charge in [-0.3, -0.25) is 0 Å². The quantitative estimate of drug-likeness (QED) is 0.448. The van der Waals surface area contributed by atoms with E-state index in [1.54, 1.807) is 0 Å². The van der Waals surface area contributed by atoms with E-state index in [4.69, 9.17) is 23.8 Å². The van der Waals surface area contributed by atoms with E-state index in [2.05, 4.69) is 47.2 Å². The van der Waals surface area contributed by atoms with E-state index >= 15 is 0 Å². The Kier molecular flexibility index (Phi) is 7.96. The normalized spacial score (nSPS) is 20.5. The molecule has 32 heavy (non-hydrogen) atoms. The lowest BCUT2D eigenvalue weighted by molar-refractivity contribution is 0.177. The van der Waals surface area contributed by atoms with Crippen molar-refractivity contribution < 1.29 is 0 Å². The maximum Gasteiger partial charge on any atom is 0.173 e. The lowest BCUT2D eigenvalue weighted by Gasteiger charge is -2.40. The van der Waals surface area contributed by atoms with Gasteiger partial charge in [0.25, 0.3) is 0 Å². The predicted molar refractivity (Wildman–Crippen MR) is 142 cm³/mol. The van der Waals surface area contributed by atoms with E-state index in [9.17, 15) is 0 Å². The van der Waals surface area contributed by atoms with Gasteiger partial charge in [-0.15, -0.1) is 0 Å². The molecule has 2 aliphatic rings. The summed E-state index contributed by atoms with van der Waals surface area (Å²) in [7, 11) is 0. The summed E-state index contributed by atoms with van der Waals surface area (Å²) in [4.78, 5) is 4.99. The predicted octanol–water partition coefficient (Wildman–Crippen LogP) is 7.28. The molecule has 1 aliphatic heterocycles. The van der Waals surface area contributed by atoms with Crippen molar-refractivity contribution in [1.82, 2.24) is 4.90 Å². The first-order valence-corrected chi connectivity index (χ1v) is 13.0. The summed E-state index contributed by atoms with van der Waals surface area (Å²) in [6.45, 7) is 7.82. The molecule has 1 saturated carbocycles. The number of halogens is 1. The van der Waals surface area contributed by atoms with Crippen LogP contribution in [0.3, 0.4) is 0 Å². The SMILES string of the molecule is CCCN1CCCc2cc(CN(C(=S)Nc3cccc(Cl)c3)C3CCCCC3C)ccc21. The highest BCUT2D eigenvalue weighted by Gasteiger charge is 2.29. The van der Waals surface area contributed by atoms with Crippen LogP contribution >= 0.6 is 23.8 Å². The molecule has 0 amide bonds. The summed E-state index contributed by atoms with van der Waals surface area (Å²) >= 11 is 12.2. The fourth-order valence-electron chi connectivity index (χ4n) is 5.39. The van der Waals surface area contributed by atoms with E-state index < -0.39 is 0 Å². The molecule has 1 fully saturated rings. The van der Waals surface area contributed by atoms with Gasteiger partial charge in [0.2, 0.25) is 0 Å². The molecule has 0 spiro atoms. The zero-order valence-electron chi connectivity index (χ0n) is 19.4. The first kappa shape index (κ1) is 23.4. The second-order valence-electron chi connectivity index (χ2n) is 9.45. The molecule has 2 atom stereocenters. The van der Waals surface area contributed by atoms with Crippen molar-refractivity contribution in [3.05, 3.63) is 58.6 Å². The number of thiocarbonyl (C=S) groups is 1. The summed E-state index contributed by atoms with van der Waals surface area (Å²) in [6.07, 6.45) is 8.69. The topological polar surface area (TPSA) is 18.5 Å². The van der Waals surface area contributed by atoms with Crippen LogP contribution < -0.4 is 10.2 Å². The molecule has 5 heteroatoms. The minimum Gasteiger partial charge on any atom is -0.371 e. The monoisotopic (exact) mass is 469 g/mol. The maximum atomic E-state index is 6.21. The molecule has 2 aromatic carbocycles. The molecular weight excluding hydrogens is 434 g/mol. The van der Waals surface area contributed by atoms with Gasteiger partial charge in [0, 0.05) is 42.1 Å². The number of nitrogens with zero attached hydrogens (tertiary/aromatic N) is 2. The smallest absolute Gasteiger partial charge is 0.173 e. The van der Waals surface area contributed by atoms with E-state index in [1.807, 2.05) is 24.3 Å². The second-order valence-corrected chi connectivity index (χ2v) is 10.3. The highest BCUT2D eigenvalue weighted by atomic mass is 35.5. The highest BCUT2D eigenvalue weighted by molar-refractivity contribution is 7.80. The highest BCUT2D eigenvalue weighted by Crippen LogP contribution is 2.32. The number of anilines is 2. The van der Waals surface area contributed by atoms with Crippen LogP contribution in [0.5, 0.6) is 0 Å². The van der Waals surface area contributed by atoms with Crippen LogP contribution in [0.2, 0.25) is 5.02 Å². The Labute approximate surface area is 204 Å².